The molecule has 2 fully saturated rings. The fourth-order valence-electron chi connectivity index (χ4n) is 5.30. The van der Waals surface area contributed by atoms with E-state index in [0.717, 1.165) is 37.0 Å². The number of pyridine rings is 1. The molecule has 0 aliphatic heterocycles. The Hall–Kier alpha value is -2.30. The predicted molar refractivity (Wildman–Crippen MR) is 126 cm³/mol. The zero-order valence-electron chi connectivity index (χ0n) is 17.6. The van der Waals surface area contributed by atoms with E-state index < -0.39 is 0 Å². The van der Waals surface area contributed by atoms with Crippen LogP contribution in [0.3, 0.4) is 0 Å². The van der Waals surface area contributed by atoms with Crippen LogP contribution in [0.1, 0.15) is 56.6 Å². The molecule has 0 saturated heterocycles. The Kier molecular flexibility index (Phi) is 5.53. The van der Waals surface area contributed by atoms with Gasteiger partial charge in [-0.1, -0.05) is 54.8 Å². The lowest BCUT2D eigenvalue weighted by molar-refractivity contribution is 0.0499. The second-order valence-electron chi connectivity index (χ2n) is 9.39. The Bertz CT molecular complexity index is 1120. The van der Waals surface area contributed by atoms with Crippen LogP contribution in [0, 0.1) is 11.3 Å². The SMILES string of the molecule is N[C@H](c1ccccc1)C1(CC2CC2)CCC(Oc2cc3cc[nH]c(=O)c3cc2Cl)CC1. The number of H-pyrrole nitrogens is 1. The van der Waals surface area contributed by atoms with Gasteiger partial charge in [-0.15, -0.1) is 0 Å². The first-order valence-corrected chi connectivity index (χ1v) is 11.7. The number of nitrogens with two attached hydrogens (primary N) is 1. The summed E-state index contributed by atoms with van der Waals surface area (Å²) in [5, 5.41) is 1.91. The lowest BCUT2D eigenvalue weighted by atomic mass is 9.64. The molecule has 0 amide bonds. The molecule has 0 spiro atoms. The molecule has 0 bridgehead atoms. The number of aromatic amines is 1. The van der Waals surface area contributed by atoms with Crippen LogP contribution in [0.4, 0.5) is 0 Å². The highest BCUT2D eigenvalue weighted by Gasteiger charge is 2.44. The first-order chi connectivity index (χ1) is 15.0. The molecule has 1 atom stereocenters. The van der Waals surface area contributed by atoms with Gasteiger partial charge in [0.15, 0.2) is 0 Å². The molecule has 2 aliphatic rings. The molecule has 1 heterocycles. The van der Waals surface area contributed by atoms with Gasteiger partial charge in [-0.2, -0.15) is 0 Å². The van der Waals surface area contributed by atoms with Crippen LogP contribution in [-0.4, -0.2) is 11.1 Å². The minimum atomic E-state index is -0.136. The molecule has 5 rings (SSSR count). The molecular formula is C26H29ClN2O2. The van der Waals surface area contributed by atoms with E-state index in [1.54, 1.807) is 12.3 Å². The molecule has 3 aromatic rings. The second kappa shape index (κ2) is 8.33. The smallest absolute Gasteiger partial charge is 0.255 e. The Morgan fingerprint density at radius 2 is 1.84 bits per heavy atom. The maximum Gasteiger partial charge on any atom is 0.255 e. The van der Waals surface area contributed by atoms with Crippen molar-refractivity contribution in [1.82, 2.24) is 4.98 Å². The number of halogens is 1. The zero-order valence-corrected chi connectivity index (χ0v) is 18.4. The highest BCUT2D eigenvalue weighted by atomic mass is 35.5. The van der Waals surface area contributed by atoms with Crippen LogP contribution in [0.25, 0.3) is 10.8 Å². The number of rotatable bonds is 6. The summed E-state index contributed by atoms with van der Waals surface area (Å²) in [4.78, 5) is 14.7. The van der Waals surface area contributed by atoms with Gasteiger partial charge in [-0.25, -0.2) is 0 Å². The molecule has 31 heavy (non-hydrogen) atoms. The van der Waals surface area contributed by atoms with Crippen LogP contribution < -0.4 is 16.0 Å². The minimum Gasteiger partial charge on any atom is -0.489 e. The van der Waals surface area contributed by atoms with Gasteiger partial charge < -0.3 is 15.5 Å². The van der Waals surface area contributed by atoms with Crippen molar-refractivity contribution in [3.63, 3.8) is 0 Å². The summed E-state index contributed by atoms with van der Waals surface area (Å²) in [7, 11) is 0. The van der Waals surface area contributed by atoms with Crippen molar-refractivity contribution < 1.29 is 4.74 Å². The van der Waals surface area contributed by atoms with E-state index in [0.29, 0.717) is 16.2 Å². The van der Waals surface area contributed by atoms with Crippen LogP contribution in [0.15, 0.2) is 59.5 Å². The highest BCUT2D eigenvalue weighted by molar-refractivity contribution is 6.32. The van der Waals surface area contributed by atoms with Crippen LogP contribution >= 0.6 is 11.6 Å². The standard InChI is InChI=1S/C26H29ClN2O2/c27-22-15-21-19(10-13-29-25(21)30)14-23(22)31-20-8-11-26(12-9-20,16-17-6-7-17)24(28)18-4-2-1-3-5-18/h1-5,10,13-15,17,20,24H,6-9,11-12,16,28H2,(H,29,30)/t20?,24-,26?/m1/s1. The van der Waals surface area contributed by atoms with E-state index in [9.17, 15) is 4.79 Å². The number of hydrogen-bond donors (Lipinski definition) is 2. The van der Waals surface area contributed by atoms with Crippen LogP contribution in [-0.2, 0) is 0 Å². The van der Waals surface area contributed by atoms with Crippen molar-refractivity contribution in [2.24, 2.45) is 17.1 Å². The fourth-order valence-corrected chi connectivity index (χ4v) is 5.50. The molecule has 5 heteroatoms. The first-order valence-electron chi connectivity index (χ1n) is 11.3. The largest absolute Gasteiger partial charge is 0.489 e. The van der Waals surface area contributed by atoms with E-state index in [2.05, 4.69) is 35.3 Å². The predicted octanol–water partition coefficient (Wildman–Crippen LogP) is 5.99. The summed E-state index contributed by atoms with van der Waals surface area (Å²) in [6.45, 7) is 0. The van der Waals surface area contributed by atoms with Gasteiger partial charge in [0.2, 0.25) is 0 Å². The molecule has 1 aromatic heterocycles. The van der Waals surface area contributed by atoms with Crippen molar-refractivity contribution in [1.29, 1.82) is 0 Å². The van der Waals surface area contributed by atoms with Crippen molar-refractivity contribution in [2.45, 2.75) is 57.1 Å². The average Bonchev–Trinajstić information content (AvgIpc) is 3.60. The number of aromatic nitrogens is 1. The Morgan fingerprint density at radius 3 is 2.55 bits per heavy atom. The van der Waals surface area contributed by atoms with Crippen LogP contribution in [0.2, 0.25) is 5.02 Å². The molecule has 4 nitrogen and oxygen atoms in total. The molecule has 3 N–H and O–H groups in total. The Morgan fingerprint density at radius 1 is 1.10 bits per heavy atom. The molecule has 0 unspecified atom stereocenters. The lowest BCUT2D eigenvalue weighted by Crippen LogP contribution is -2.41. The summed E-state index contributed by atoms with van der Waals surface area (Å²) in [6.07, 6.45) is 9.74. The molecule has 2 saturated carbocycles. The minimum absolute atomic E-state index is 0.0613. The Balaban J connectivity index is 1.33. The lowest BCUT2D eigenvalue weighted by Gasteiger charge is -2.45. The highest BCUT2D eigenvalue weighted by Crippen LogP contribution is 2.53. The van der Waals surface area contributed by atoms with Gasteiger partial charge in [0.1, 0.15) is 5.75 Å². The van der Waals surface area contributed by atoms with Gasteiger partial charge in [0.05, 0.1) is 11.1 Å². The van der Waals surface area contributed by atoms with Crippen molar-refractivity contribution >= 4 is 22.4 Å². The zero-order chi connectivity index (χ0) is 21.4. The summed E-state index contributed by atoms with van der Waals surface area (Å²) in [5.74, 6) is 1.49. The number of ether oxygens (including phenoxy) is 1. The van der Waals surface area contributed by atoms with Crippen LogP contribution in [0.5, 0.6) is 5.75 Å². The number of benzene rings is 2. The fraction of sp³-hybridized carbons (Fsp3) is 0.423. The van der Waals surface area contributed by atoms with Crippen molar-refractivity contribution in [3.05, 3.63) is 75.7 Å². The molecule has 2 aromatic carbocycles. The number of hydrogen-bond acceptors (Lipinski definition) is 3. The third kappa shape index (κ3) is 4.24. The van der Waals surface area contributed by atoms with Gasteiger partial charge in [-0.05, 0) is 72.6 Å². The normalized spacial score (nSPS) is 24.8. The Labute approximate surface area is 187 Å². The first kappa shape index (κ1) is 20.6. The molecule has 0 radical (unpaired) electrons. The monoisotopic (exact) mass is 436 g/mol. The van der Waals surface area contributed by atoms with Gasteiger partial charge in [0.25, 0.3) is 5.56 Å². The van der Waals surface area contributed by atoms with E-state index >= 15 is 0 Å². The van der Waals surface area contributed by atoms with E-state index in [1.165, 1.54) is 24.8 Å². The van der Waals surface area contributed by atoms with E-state index in [4.69, 9.17) is 22.1 Å². The van der Waals surface area contributed by atoms with Gasteiger partial charge in [0, 0.05) is 17.6 Å². The third-order valence-electron chi connectivity index (χ3n) is 7.26. The summed E-state index contributed by atoms with van der Waals surface area (Å²) in [6, 6.07) is 16.1. The molecular weight excluding hydrogens is 408 g/mol. The van der Waals surface area contributed by atoms with Gasteiger partial charge in [-0.3, -0.25) is 4.79 Å². The average molecular weight is 437 g/mol. The molecule has 162 valence electrons. The van der Waals surface area contributed by atoms with Gasteiger partial charge >= 0.3 is 0 Å². The van der Waals surface area contributed by atoms with Crippen molar-refractivity contribution in [3.8, 4) is 5.75 Å². The number of nitrogens with one attached hydrogen (secondary N) is 1. The quantitative estimate of drug-likeness (QED) is 0.498. The number of fused-ring (bicyclic) bond motifs is 1. The summed E-state index contributed by atoms with van der Waals surface area (Å²) < 4.78 is 6.35. The van der Waals surface area contributed by atoms with E-state index in [1.807, 2.05) is 12.1 Å². The summed E-state index contributed by atoms with van der Waals surface area (Å²) >= 11 is 6.46. The topological polar surface area (TPSA) is 68.1 Å². The molecule has 2 aliphatic carbocycles. The van der Waals surface area contributed by atoms with Crippen molar-refractivity contribution in [2.75, 3.05) is 0 Å². The maximum atomic E-state index is 12.0. The maximum absolute atomic E-state index is 12.0. The summed E-state index contributed by atoms with van der Waals surface area (Å²) in [5.41, 5.74) is 8.13. The van der Waals surface area contributed by atoms with E-state index in [-0.39, 0.29) is 23.1 Å². The third-order valence-corrected chi connectivity index (χ3v) is 7.55. The second-order valence-corrected chi connectivity index (χ2v) is 9.80.